The second-order valence-corrected chi connectivity index (χ2v) is 7.00. The number of methoxy groups -OCH3 is 2. The summed E-state index contributed by atoms with van der Waals surface area (Å²) in [5, 5.41) is 0. The van der Waals surface area contributed by atoms with Gasteiger partial charge in [0.05, 0.1) is 19.1 Å². The molecular formula is C14H22N2O4S. The average Bonchev–Trinajstić information content (AvgIpc) is 2.94. The molecule has 1 aliphatic rings. The van der Waals surface area contributed by atoms with Crippen LogP contribution in [0.4, 0.5) is 0 Å². The van der Waals surface area contributed by atoms with Crippen LogP contribution in [0.15, 0.2) is 23.1 Å². The molecule has 0 bridgehead atoms. The maximum absolute atomic E-state index is 12.6. The van der Waals surface area contributed by atoms with Crippen molar-refractivity contribution >= 4 is 10.0 Å². The van der Waals surface area contributed by atoms with Gasteiger partial charge in [0, 0.05) is 18.2 Å². The highest BCUT2D eigenvalue weighted by Gasteiger charge is 2.37. The molecule has 0 spiro atoms. The van der Waals surface area contributed by atoms with Crippen molar-refractivity contribution in [3.05, 3.63) is 18.2 Å². The molecule has 1 aromatic rings. The van der Waals surface area contributed by atoms with Crippen molar-refractivity contribution in [3.8, 4) is 11.5 Å². The predicted molar refractivity (Wildman–Crippen MR) is 80.1 cm³/mol. The Bertz CT molecular complexity index is 595. The SMILES string of the molecule is COc1ccc(S(=O)(=O)NC2(CN)CCCC2)cc1OC. The average molecular weight is 314 g/mol. The molecule has 1 aliphatic carbocycles. The molecule has 6 nitrogen and oxygen atoms in total. The smallest absolute Gasteiger partial charge is 0.241 e. The van der Waals surface area contributed by atoms with Gasteiger partial charge in [-0.25, -0.2) is 13.1 Å². The van der Waals surface area contributed by atoms with E-state index in [1.807, 2.05) is 0 Å². The summed E-state index contributed by atoms with van der Waals surface area (Å²) in [7, 11) is -0.659. The van der Waals surface area contributed by atoms with Crippen LogP contribution in [0.5, 0.6) is 11.5 Å². The summed E-state index contributed by atoms with van der Waals surface area (Å²) in [5.41, 5.74) is 5.26. The van der Waals surface area contributed by atoms with Crippen LogP contribution >= 0.6 is 0 Å². The van der Waals surface area contributed by atoms with Crippen molar-refractivity contribution in [1.29, 1.82) is 0 Å². The number of nitrogens with two attached hydrogens (primary N) is 1. The minimum atomic E-state index is -3.64. The lowest BCUT2D eigenvalue weighted by molar-refractivity contribution is 0.353. The molecule has 118 valence electrons. The highest BCUT2D eigenvalue weighted by Crippen LogP contribution is 2.33. The highest BCUT2D eigenvalue weighted by atomic mass is 32.2. The number of rotatable bonds is 6. The van der Waals surface area contributed by atoms with Crippen LogP contribution < -0.4 is 19.9 Å². The molecule has 1 aromatic carbocycles. The minimum absolute atomic E-state index is 0.153. The number of hydrogen-bond acceptors (Lipinski definition) is 5. The van der Waals surface area contributed by atoms with Gasteiger partial charge in [0.25, 0.3) is 0 Å². The van der Waals surface area contributed by atoms with Gasteiger partial charge in [0.1, 0.15) is 0 Å². The first kappa shape index (κ1) is 16.1. The monoisotopic (exact) mass is 314 g/mol. The second kappa shape index (κ2) is 6.21. The first-order valence-corrected chi connectivity index (χ1v) is 8.41. The molecule has 3 N–H and O–H groups in total. The van der Waals surface area contributed by atoms with Gasteiger partial charge in [0.15, 0.2) is 11.5 Å². The zero-order chi connectivity index (χ0) is 15.5. The Morgan fingerprint density at radius 3 is 2.33 bits per heavy atom. The summed E-state index contributed by atoms with van der Waals surface area (Å²) in [4.78, 5) is 0.153. The minimum Gasteiger partial charge on any atom is -0.493 e. The van der Waals surface area contributed by atoms with Crippen LogP contribution in [0.3, 0.4) is 0 Å². The van der Waals surface area contributed by atoms with E-state index in [1.54, 1.807) is 6.07 Å². The van der Waals surface area contributed by atoms with Gasteiger partial charge in [-0.15, -0.1) is 0 Å². The number of ether oxygens (including phenoxy) is 2. The van der Waals surface area contributed by atoms with Crippen molar-refractivity contribution in [2.24, 2.45) is 5.73 Å². The fourth-order valence-electron chi connectivity index (χ4n) is 2.73. The van der Waals surface area contributed by atoms with E-state index in [9.17, 15) is 8.42 Å². The molecule has 2 rings (SSSR count). The van der Waals surface area contributed by atoms with Gasteiger partial charge in [-0.1, -0.05) is 12.8 Å². The Morgan fingerprint density at radius 1 is 1.19 bits per heavy atom. The Balaban J connectivity index is 2.31. The van der Waals surface area contributed by atoms with E-state index in [-0.39, 0.29) is 4.90 Å². The van der Waals surface area contributed by atoms with E-state index in [0.29, 0.717) is 18.0 Å². The van der Waals surface area contributed by atoms with E-state index in [2.05, 4.69) is 4.72 Å². The summed E-state index contributed by atoms with van der Waals surface area (Å²) >= 11 is 0. The van der Waals surface area contributed by atoms with Crippen LogP contribution in [0, 0.1) is 0 Å². The zero-order valence-corrected chi connectivity index (χ0v) is 13.2. The second-order valence-electron chi connectivity index (χ2n) is 5.31. The Kier molecular flexibility index (Phi) is 4.75. The maximum Gasteiger partial charge on any atom is 0.241 e. The third-order valence-corrected chi connectivity index (χ3v) is 5.54. The van der Waals surface area contributed by atoms with E-state index in [4.69, 9.17) is 15.2 Å². The first-order chi connectivity index (χ1) is 9.96. The number of hydrogen-bond donors (Lipinski definition) is 2. The molecule has 1 saturated carbocycles. The molecule has 1 fully saturated rings. The summed E-state index contributed by atoms with van der Waals surface area (Å²) in [6, 6.07) is 4.54. The molecule has 0 saturated heterocycles. The van der Waals surface area contributed by atoms with Crippen LogP contribution in [-0.4, -0.2) is 34.7 Å². The summed E-state index contributed by atoms with van der Waals surface area (Å²) in [5.74, 6) is 0.874. The van der Waals surface area contributed by atoms with Gasteiger partial charge >= 0.3 is 0 Å². The van der Waals surface area contributed by atoms with Gasteiger partial charge in [0.2, 0.25) is 10.0 Å². The zero-order valence-electron chi connectivity index (χ0n) is 12.4. The lowest BCUT2D eigenvalue weighted by Gasteiger charge is -2.28. The van der Waals surface area contributed by atoms with Gasteiger partial charge in [-0.3, -0.25) is 0 Å². The quantitative estimate of drug-likeness (QED) is 0.825. The third kappa shape index (κ3) is 3.30. The molecule has 21 heavy (non-hydrogen) atoms. The molecule has 7 heteroatoms. The molecular weight excluding hydrogens is 292 g/mol. The number of benzene rings is 1. The van der Waals surface area contributed by atoms with E-state index >= 15 is 0 Å². The molecule has 0 amide bonds. The van der Waals surface area contributed by atoms with Crippen LogP contribution in [-0.2, 0) is 10.0 Å². The molecule has 0 atom stereocenters. The van der Waals surface area contributed by atoms with E-state index < -0.39 is 15.6 Å². The molecule has 0 aromatic heterocycles. The predicted octanol–water partition coefficient (Wildman–Crippen LogP) is 1.25. The van der Waals surface area contributed by atoms with Crippen molar-refractivity contribution in [3.63, 3.8) is 0 Å². The van der Waals surface area contributed by atoms with Gasteiger partial charge < -0.3 is 15.2 Å². The lowest BCUT2D eigenvalue weighted by atomic mass is 10.0. The standard InChI is InChI=1S/C14H22N2O4S/c1-19-12-6-5-11(9-13(12)20-2)21(17,18)16-14(10-15)7-3-4-8-14/h5-6,9,16H,3-4,7-8,10,15H2,1-2H3. The number of nitrogens with one attached hydrogen (secondary N) is 1. The van der Waals surface area contributed by atoms with Crippen LogP contribution in [0.2, 0.25) is 0 Å². The van der Waals surface area contributed by atoms with Crippen LogP contribution in [0.25, 0.3) is 0 Å². The largest absolute Gasteiger partial charge is 0.493 e. The molecule has 0 heterocycles. The molecule has 0 aliphatic heterocycles. The summed E-state index contributed by atoms with van der Waals surface area (Å²) in [6.45, 7) is 0.305. The van der Waals surface area contributed by atoms with Crippen molar-refractivity contribution in [2.75, 3.05) is 20.8 Å². The topological polar surface area (TPSA) is 90.7 Å². The summed E-state index contributed by atoms with van der Waals surface area (Å²) < 4.78 is 38.2. The fourth-order valence-corrected chi connectivity index (χ4v) is 4.21. The molecule has 0 radical (unpaired) electrons. The maximum atomic E-state index is 12.6. The van der Waals surface area contributed by atoms with Crippen molar-refractivity contribution in [1.82, 2.24) is 4.72 Å². The molecule has 0 unspecified atom stereocenters. The van der Waals surface area contributed by atoms with Crippen molar-refractivity contribution < 1.29 is 17.9 Å². The van der Waals surface area contributed by atoms with E-state index in [0.717, 1.165) is 25.7 Å². The number of sulfonamides is 1. The Hall–Kier alpha value is -1.31. The Morgan fingerprint density at radius 2 is 1.81 bits per heavy atom. The lowest BCUT2D eigenvalue weighted by Crippen LogP contribution is -2.51. The van der Waals surface area contributed by atoms with Crippen molar-refractivity contribution in [2.45, 2.75) is 36.1 Å². The van der Waals surface area contributed by atoms with Gasteiger partial charge in [-0.05, 0) is 25.0 Å². The highest BCUT2D eigenvalue weighted by molar-refractivity contribution is 7.89. The van der Waals surface area contributed by atoms with Crippen LogP contribution in [0.1, 0.15) is 25.7 Å². The normalized spacial score (nSPS) is 17.7. The third-order valence-electron chi connectivity index (χ3n) is 3.97. The summed E-state index contributed by atoms with van der Waals surface area (Å²) in [6.07, 6.45) is 3.53. The fraction of sp³-hybridized carbons (Fsp3) is 0.571. The van der Waals surface area contributed by atoms with Gasteiger partial charge in [-0.2, -0.15) is 0 Å². The first-order valence-electron chi connectivity index (χ1n) is 6.92. The Labute approximate surface area is 125 Å². The van der Waals surface area contributed by atoms with E-state index in [1.165, 1.54) is 26.4 Å².